The summed E-state index contributed by atoms with van der Waals surface area (Å²) in [5.41, 5.74) is 2.43. The number of carbonyl (C=O) groups excluding carboxylic acids is 1. The van der Waals surface area contributed by atoms with E-state index in [0.29, 0.717) is 36.5 Å². The van der Waals surface area contributed by atoms with Gasteiger partial charge in [0.25, 0.3) is 0 Å². The van der Waals surface area contributed by atoms with E-state index in [4.69, 9.17) is 0 Å². The van der Waals surface area contributed by atoms with Gasteiger partial charge in [-0.15, -0.1) is 0 Å². The molecule has 0 unspecified atom stereocenters. The monoisotopic (exact) mass is 416 g/mol. The van der Waals surface area contributed by atoms with E-state index >= 15 is 0 Å². The maximum Gasteiger partial charge on any atom is 0.243 e. The van der Waals surface area contributed by atoms with Crippen molar-refractivity contribution in [1.29, 1.82) is 0 Å². The molecule has 0 radical (unpaired) electrons. The predicted octanol–water partition coefficient (Wildman–Crippen LogP) is 2.80. The Morgan fingerprint density at radius 1 is 1.14 bits per heavy atom. The summed E-state index contributed by atoms with van der Waals surface area (Å²) in [5.74, 6) is 0.509. The van der Waals surface area contributed by atoms with Gasteiger partial charge in [-0.2, -0.15) is 4.31 Å². The van der Waals surface area contributed by atoms with Crippen LogP contribution in [0.25, 0.3) is 0 Å². The van der Waals surface area contributed by atoms with Crippen LogP contribution < -0.4 is 10.2 Å². The second-order valence-electron chi connectivity index (χ2n) is 7.74. The molecule has 1 saturated heterocycles. The lowest BCUT2D eigenvalue weighted by molar-refractivity contribution is -0.120. The van der Waals surface area contributed by atoms with Gasteiger partial charge in [-0.05, 0) is 50.5 Å². The van der Waals surface area contributed by atoms with E-state index in [1.807, 2.05) is 57.1 Å². The zero-order valence-electron chi connectivity index (χ0n) is 17.3. The molecule has 8 heteroatoms. The standard InChI is InChI=1S/C21H28N4O3S/c1-15-5-7-19(16(2)13-15)29(27,28)25-11-9-17(10-12-25)21(26)23-18-6-8-20(22-14-18)24(3)4/h5-8,13-14,17H,9-12H2,1-4H3,(H,23,26). The topological polar surface area (TPSA) is 82.6 Å². The summed E-state index contributed by atoms with van der Waals surface area (Å²) in [6.07, 6.45) is 2.63. The number of piperidine rings is 1. The molecule has 29 heavy (non-hydrogen) atoms. The minimum atomic E-state index is -3.54. The highest BCUT2D eigenvalue weighted by molar-refractivity contribution is 7.89. The number of nitrogens with one attached hydrogen (secondary N) is 1. The zero-order chi connectivity index (χ0) is 21.2. The Balaban J connectivity index is 1.61. The molecule has 1 aromatic carbocycles. The summed E-state index contributed by atoms with van der Waals surface area (Å²) in [7, 11) is 0.263. The van der Waals surface area contributed by atoms with Crippen molar-refractivity contribution < 1.29 is 13.2 Å². The second-order valence-corrected chi connectivity index (χ2v) is 9.64. The SMILES string of the molecule is Cc1ccc(S(=O)(=O)N2CCC(C(=O)Nc3ccc(N(C)C)nc3)CC2)c(C)c1. The fraction of sp³-hybridized carbons (Fsp3) is 0.429. The molecule has 3 rings (SSSR count). The average molecular weight is 417 g/mol. The minimum absolute atomic E-state index is 0.0898. The van der Waals surface area contributed by atoms with E-state index < -0.39 is 10.0 Å². The van der Waals surface area contributed by atoms with Crippen LogP contribution in [0, 0.1) is 19.8 Å². The normalized spacial score (nSPS) is 15.9. The van der Waals surface area contributed by atoms with Gasteiger partial charge in [0.2, 0.25) is 15.9 Å². The summed E-state index contributed by atoms with van der Waals surface area (Å²) in [5, 5.41) is 2.89. The Labute approximate surface area is 172 Å². The quantitative estimate of drug-likeness (QED) is 0.810. The first-order valence-corrected chi connectivity index (χ1v) is 11.1. The van der Waals surface area contributed by atoms with E-state index in [2.05, 4.69) is 10.3 Å². The molecule has 0 spiro atoms. The van der Waals surface area contributed by atoms with Crippen molar-refractivity contribution >= 4 is 27.4 Å². The van der Waals surface area contributed by atoms with Crippen molar-refractivity contribution in [3.8, 4) is 0 Å². The van der Waals surface area contributed by atoms with E-state index in [1.165, 1.54) is 4.31 Å². The molecule has 1 aliphatic heterocycles. The van der Waals surface area contributed by atoms with Gasteiger partial charge >= 0.3 is 0 Å². The first-order chi connectivity index (χ1) is 13.7. The zero-order valence-corrected chi connectivity index (χ0v) is 18.2. The summed E-state index contributed by atoms with van der Waals surface area (Å²) >= 11 is 0. The summed E-state index contributed by atoms with van der Waals surface area (Å²) < 4.78 is 27.5. The predicted molar refractivity (Wildman–Crippen MR) is 115 cm³/mol. The number of amides is 1. The van der Waals surface area contributed by atoms with E-state index in [-0.39, 0.29) is 11.8 Å². The van der Waals surface area contributed by atoms with Crippen LogP contribution in [0.3, 0.4) is 0 Å². The van der Waals surface area contributed by atoms with E-state index in [9.17, 15) is 13.2 Å². The van der Waals surface area contributed by atoms with Gasteiger partial charge in [0, 0.05) is 33.1 Å². The molecule has 1 fully saturated rings. The van der Waals surface area contributed by atoms with Gasteiger partial charge in [-0.3, -0.25) is 4.79 Å². The lowest BCUT2D eigenvalue weighted by Crippen LogP contribution is -2.41. The number of carbonyl (C=O) groups is 1. The third-order valence-corrected chi connectivity index (χ3v) is 7.31. The Kier molecular flexibility index (Phi) is 6.24. The van der Waals surface area contributed by atoms with Gasteiger partial charge in [-0.1, -0.05) is 17.7 Å². The number of pyridine rings is 1. The molecule has 1 aromatic heterocycles. The maximum absolute atomic E-state index is 13.0. The molecule has 1 amide bonds. The molecule has 0 bridgehead atoms. The van der Waals surface area contributed by atoms with Crippen molar-refractivity contribution in [2.45, 2.75) is 31.6 Å². The van der Waals surface area contributed by atoms with Crippen molar-refractivity contribution in [3.63, 3.8) is 0 Å². The Morgan fingerprint density at radius 3 is 2.38 bits per heavy atom. The van der Waals surface area contributed by atoms with E-state index in [0.717, 1.165) is 16.9 Å². The number of sulfonamides is 1. The lowest BCUT2D eigenvalue weighted by Gasteiger charge is -2.31. The number of nitrogens with zero attached hydrogens (tertiary/aromatic N) is 3. The third kappa shape index (κ3) is 4.76. The molecule has 1 N–H and O–H groups in total. The van der Waals surface area contributed by atoms with Crippen LogP contribution in [-0.2, 0) is 14.8 Å². The fourth-order valence-electron chi connectivity index (χ4n) is 3.56. The van der Waals surface area contributed by atoms with Crippen LogP contribution in [0.2, 0.25) is 0 Å². The molecular formula is C21H28N4O3S. The first-order valence-electron chi connectivity index (χ1n) is 9.70. The van der Waals surface area contributed by atoms with Gasteiger partial charge in [0.1, 0.15) is 5.82 Å². The molecule has 2 aromatic rings. The van der Waals surface area contributed by atoms with Crippen LogP contribution in [0.1, 0.15) is 24.0 Å². The number of hydrogen-bond acceptors (Lipinski definition) is 5. The van der Waals surface area contributed by atoms with Crippen LogP contribution in [-0.4, -0.2) is 50.8 Å². The number of aryl methyl sites for hydroxylation is 2. The third-order valence-electron chi connectivity index (χ3n) is 5.25. The van der Waals surface area contributed by atoms with Gasteiger partial charge in [-0.25, -0.2) is 13.4 Å². The Morgan fingerprint density at radius 2 is 1.83 bits per heavy atom. The Hall–Kier alpha value is -2.45. The van der Waals surface area contributed by atoms with Crippen LogP contribution in [0.4, 0.5) is 11.5 Å². The van der Waals surface area contributed by atoms with E-state index in [1.54, 1.807) is 12.3 Å². The lowest BCUT2D eigenvalue weighted by atomic mass is 9.97. The number of aromatic nitrogens is 1. The van der Waals surface area contributed by atoms with Crippen LogP contribution in [0.5, 0.6) is 0 Å². The number of hydrogen-bond donors (Lipinski definition) is 1. The fourth-order valence-corrected chi connectivity index (χ4v) is 5.23. The van der Waals surface area contributed by atoms with Crippen molar-refractivity contribution in [2.75, 3.05) is 37.4 Å². The summed E-state index contributed by atoms with van der Waals surface area (Å²) in [6, 6.07) is 9.02. The molecule has 0 aliphatic carbocycles. The molecule has 0 atom stereocenters. The molecule has 156 valence electrons. The van der Waals surface area contributed by atoms with Gasteiger partial charge in [0.15, 0.2) is 0 Å². The number of benzene rings is 1. The van der Waals surface area contributed by atoms with Crippen molar-refractivity contribution in [2.24, 2.45) is 5.92 Å². The molecule has 0 saturated carbocycles. The molecular weight excluding hydrogens is 388 g/mol. The second kappa shape index (κ2) is 8.51. The highest BCUT2D eigenvalue weighted by Crippen LogP contribution is 2.27. The first kappa shape index (κ1) is 21.3. The van der Waals surface area contributed by atoms with Gasteiger partial charge in [0.05, 0.1) is 16.8 Å². The summed E-state index contributed by atoms with van der Waals surface area (Å²) in [4.78, 5) is 19.1. The van der Waals surface area contributed by atoms with Crippen LogP contribution >= 0.6 is 0 Å². The molecule has 1 aliphatic rings. The van der Waals surface area contributed by atoms with Crippen LogP contribution in [0.15, 0.2) is 41.4 Å². The van der Waals surface area contributed by atoms with Gasteiger partial charge < -0.3 is 10.2 Å². The largest absolute Gasteiger partial charge is 0.363 e. The summed E-state index contributed by atoms with van der Waals surface area (Å²) in [6.45, 7) is 4.43. The van der Waals surface area contributed by atoms with Crippen molar-refractivity contribution in [3.05, 3.63) is 47.7 Å². The molecule has 2 heterocycles. The Bertz CT molecular complexity index is 979. The molecule has 7 nitrogen and oxygen atoms in total. The smallest absolute Gasteiger partial charge is 0.243 e. The highest BCUT2D eigenvalue weighted by Gasteiger charge is 2.32. The maximum atomic E-state index is 13.0. The average Bonchev–Trinajstić information content (AvgIpc) is 2.68. The number of anilines is 2. The van der Waals surface area contributed by atoms with Crippen molar-refractivity contribution in [1.82, 2.24) is 9.29 Å². The highest BCUT2D eigenvalue weighted by atomic mass is 32.2. The minimum Gasteiger partial charge on any atom is -0.363 e. The number of rotatable bonds is 5.